The molecule has 25 heavy (non-hydrogen) atoms. The van der Waals surface area contributed by atoms with Crippen LogP contribution < -0.4 is 15.5 Å². The van der Waals surface area contributed by atoms with Gasteiger partial charge in [-0.1, -0.05) is 29.8 Å². The second-order valence-corrected chi connectivity index (χ2v) is 6.92. The van der Waals surface area contributed by atoms with Gasteiger partial charge < -0.3 is 10.2 Å². The molecular weight excluding hydrogens is 354 g/mol. The molecule has 4 nitrogen and oxygen atoms in total. The highest BCUT2D eigenvalue weighted by Gasteiger charge is 2.17. The maximum Gasteiger partial charge on any atom is 0.258 e. The average molecular weight is 374 g/mol. The number of benzene rings is 2. The maximum absolute atomic E-state index is 12.4. The molecule has 2 aromatic carbocycles. The number of halogens is 1. The van der Waals surface area contributed by atoms with E-state index in [1.165, 1.54) is 12.8 Å². The van der Waals surface area contributed by atoms with Crippen molar-refractivity contribution in [2.24, 2.45) is 0 Å². The molecule has 3 rings (SSSR count). The van der Waals surface area contributed by atoms with Crippen molar-refractivity contribution in [3.8, 4) is 0 Å². The minimum atomic E-state index is -0.318. The number of aryl methyl sites for hydroxylation is 1. The Labute approximate surface area is 158 Å². The lowest BCUT2D eigenvalue weighted by molar-refractivity contribution is 0.0978. The molecule has 1 heterocycles. The summed E-state index contributed by atoms with van der Waals surface area (Å²) in [6.07, 6.45) is 2.39. The van der Waals surface area contributed by atoms with Gasteiger partial charge in [-0.05, 0) is 61.8 Å². The minimum Gasteiger partial charge on any atom is -0.370 e. The number of hydrogen-bond donors (Lipinski definition) is 2. The smallest absolute Gasteiger partial charge is 0.258 e. The summed E-state index contributed by atoms with van der Waals surface area (Å²) in [6, 6.07) is 13.3. The molecule has 1 amide bonds. The first-order valence-corrected chi connectivity index (χ1v) is 9.05. The molecule has 2 aromatic rings. The van der Waals surface area contributed by atoms with Crippen LogP contribution in [0.15, 0.2) is 42.5 Å². The molecule has 0 aliphatic carbocycles. The summed E-state index contributed by atoms with van der Waals surface area (Å²) >= 11 is 11.5. The second-order valence-electron chi connectivity index (χ2n) is 6.10. The quantitative estimate of drug-likeness (QED) is 0.784. The van der Waals surface area contributed by atoms with Crippen molar-refractivity contribution in [1.29, 1.82) is 0 Å². The van der Waals surface area contributed by atoms with Crippen LogP contribution >= 0.6 is 23.8 Å². The van der Waals surface area contributed by atoms with Crippen LogP contribution in [0.25, 0.3) is 0 Å². The van der Waals surface area contributed by atoms with Crippen LogP contribution in [0.5, 0.6) is 0 Å². The topological polar surface area (TPSA) is 44.4 Å². The van der Waals surface area contributed by atoms with E-state index in [4.69, 9.17) is 23.8 Å². The molecule has 1 saturated heterocycles. The van der Waals surface area contributed by atoms with Crippen LogP contribution in [-0.4, -0.2) is 24.1 Å². The Hall–Kier alpha value is -2.11. The average Bonchev–Trinajstić information content (AvgIpc) is 3.09. The fourth-order valence-corrected chi connectivity index (χ4v) is 3.46. The number of carbonyl (C=O) groups is 1. The standard InChI is InChI=1S/C19H20ClN3OS/c1-13-8-9-14(15(20)12-13)18(24)22-19(25)21-16-6-2-3-7-17(16)23-10-4-5-11-23/h2-3,6-9,12H,4-5,10-11H2,1H3,(H2,21,22,24,25). The Bertz CT molecular complexity index is 803. The van der Waals surface area contributed by atoms with Crippen molar-refractivity contribution in [1.82, 2.24) is 5.32 Å². The van der Waals surface area contributed by atoms with Gasteiger partial charge in [0, 0.05) is 13.1 Å². The summed E-state index contributed by atoms with van der Waals surface area (Å²) in [4.78, 5) is 14.7. The Kier molecular flexibility index (Phi) is 5.56. The van der Waals surface area contributed by atoms with Crippen LogP contribution in [0.1, 0.15) is 28.8 Å². The molecule has 0 atom stereocenters. The third-order valence-corrected chi connectivity index (χ3v) is 4.71. The van der Waals surface area contributed by atoms with Gasteiger partial charge in [-0.2, -0.15) is 0 Å². The molecule has 130 valence electrons. The molecule has 0 bridgehead atoms. The summed E-state index contributed by atoms with van der Waals surface area (Å²) in [5.74, 6) is -0.318. The summed E-state index contributed by atoms with van der Waals surface area (Å²) in [5.41, 5.74) is 3.40. The largest absolute Gasteiger partial charge is 0.370 e. The van der Waals surface area contributed by atoms with Crippen LogP contribution in [0.4, 0.5) is 11.4 Å². The van der Waals surface area contributed by atoms with E-state index in [2.05, 4.69) is 21.6 Å². The lowest BCUT2D eigenvalue weighted by atomic mass is 10.1. The van der Waals surface area contributed by atoms with E-state index in [1.807, 2.05) is 31.2 Å². The molecule has 0 aromatic heterocycles. The lowest BCUT2D eigenvalue weighted by Gasteiger charge is -2.22. The van der Waals surface area contributed by atoms with E-state index in [0.29, 0.717) is 10.6 Å². The van der Waals surface area contributed by atoms with Crippen molar-refractivity contribution in [3.05, 3.63) is 58.6 Å². The van der Waals surface area contributed by atoms with Crippen molar-refractivity contribution in [3.63, 3.8) is 0 Å². The third kappa shape index (κ3) is 4.30. The molecular formula is C19H20ClN3OS. The van der Waals surface area contributed by atoms with Crippen molar-refractivity contribution < 1.29 is 4.79 Å². The zero-order valence-corrected chi connectivity index (χ0v) is 15.6. The van der Waals surface area contributed by atoms with E-state index in [9.17, 15) is 4.79 Å². The zero-order chi connectivity index (χ0) is 17.8. The summed E-state index contributed by atoms with van der Waals surface area (Å²) in [5, 5.41) is 6.51. The first-order valence-electron chi connectivity index (χ1n) is 8.27. The molecule has 0 radical (unpaired) electrons. The number of nitrogens with zero attached hydrogens (tertiary/aromatic N) is 1. The summed E-state index contributed by atoms with van der Waals surface area (Å²) in [7, 11) is 0. The maximum atomic E-state index is 12.4. The van der Waals surface area contributed by atoms with E-state index < -0.39 is 0 Å². The van der Waals surface area contributed by atoms with Gasteiger partial charge in [0.05, 0.1) is 22.0 Å². The number of rotatable bonds is 3. The predicted octanol–water partition coefficient (Wildman–Crippen LogP) is 4.38. The van der Waals surface area contributed by atoms with E-state index in [-0.39, 0.29) is 11.0 Å². The number of thiocarbonyl (C=S) groups is 1. The monoisotopic (exact) mass is 373 g/mol. The Morgan fingerprint density at radius 2 is 1.88 bits per heavy atom. The number of nitrogens with one attached hydrogen (secondary N) is 2. The molecule has 6 heteroatoms. The first kappa shape index (κ1) is 17.7. The first-order chi connectivity index (χ1) is 12.0. The Balaban J connectivity index is 1.69. The lowest BCUT2D eigenvalue weighted by Crippen LogP contribution is -2.34. The zero-order valence-electron chi connectivity index (χ0n) is 14.0. The van der Waals surface area contributed by atoms with Crippen molar-refractivity contribution in [2.75, 3.05) is 23.3 Å². The normalized spacial score (nSPS) is 13.6. The Morgan fingerprint density at radius 1 is 1.16 bits per heavy atom. The number of amides is 1. The van der Waals surface area contributed by atoms with Gasteiger partial charge in [0.25, 0.3) is 5.91 Å². The molecule has 1 fully saturated rings. The van der Waals surface area contributed by atoms with Gasteiger partial charge in [0.1, 0.15) is 0 Å². The number of hydrogen-bond acceptors (Lipinski definition) is 3. The van der Waals surface area contributed by atoms with Gasteiger partial charge >= 0.3 is 0 Å². The molecule has 1 aliphatic rings. The number of carbonyl (C=O) groups excluding carboxylic acids is 1. The van der Waals surface area contributed by atoms with Crippen LogP contribution in [-0.2, 0) is 0 Å². The molecule has 0 unspecified atom stereocenters. The van der Waals surface area contributed by atoms with E-state index in [1.54, 1.807) is 12.1 Å². The predicted molar refractivity (Wildman–Crippen MR) is 108 cm³/mol. The van der Waals surface area contributed by atoms with E-state index in [0.717, 1.165) is 30.0 Å². The minimum absolute atomic E-state index is 0.258. The Morgan fingerprint density at radius 3 is 2.60 bits per heavy atom. The highest BCUT2D eigenvalue weighted by atomic mass is 35.5. The van der Waals surface area contributed by atoms with Crippen LogP contribution in [0.2, 0.25) is 5.02 Å². The van der Waals surface area contributed by atoms with Gasteiger partial charge in [-0.25, -0.2) is 0 Å². The SMILES string of the molecule is Cc1ccc(C(=O)NC(=S)Nc2ccccc2N2CCCC2)c(Cl)c1. The van der Waals surface area contributed by atoms with Crippen molar-refractivity contribution >= 4 is 46.2 Å². The van der Waals surface area contributed by atoms with Gasteiger partial charge in [0.15, 0.2) is 5.11 Å². The third-order valence-electron chi connectivity index (χ3n) is 4.20. The summed E-state index contributed by atoms with van der Waals surface area (Å²) < 4.78 is 0. The highest BCUT2D eigenvalue weighted by Crippen LogP contribution is 2.28. The van der Waals surface area contributed by atoms with Crippen molar-refractivity contribution in [2.45, 2.75) is 19.8 Å². The number of para-hydroxylation sites is 2. The molecule has 1 aliphatic heterocycles. The number of anilines is 2. The molecule has 0 spiro atoms. The highest BCUT2D eigenvalue weighted by molar-refractivity contribution is 7.80. The van der Waals surface area contributed by atoms with E-state index >= 15 is 0 Å². The van der Waals surface area contributed by atoms with Gasteiger partial charge in [-0.15, -0.1) is 0 Å². The second kappa shape index (κ2) is 7.85. The fraction of sp³-hybridized carbons (Fsp3) is 0.263. The molecule has 2 N–H and O–H groups in total. The van der Waals surface area contributed by atoms with Gasteiger partial charge in [-0.3, -0.25) is 10.1 Å². The summed E-state index contributed by atoms with van der Waals surface area (Å²) in [6.45, 7) is 4.00. The van der Waals surface area contributed by atoms with Crippen LogP contribution in [0, 0.1) is 6.92 Å². The van der Waals surface area contributed by atoms with Crippen LogP contribution in [0.3, 0.4) is 0 Å². The fourth-order valence-electron chi connectivity index (χ4n) is 2.94. The molecule has 0 saturated carbocycles. The van der Waals surface area contributed by atoms with Gasteiger partial charge in [0.2, 0.25) is 0 Å².